The summed E-state index contributed by atoms with van der Waals surface area (Å²) in [6, 6.07) is 19.0. The Morgan fingerprint density at radius 2 is 1.70 bits per heavy atom. The molecule has 1 aliphatic rings. The maximum atomic E-state index is 4.52. The summed E-state index contributed by atoms with van der Waals surface area (Å²) in [7, 11) is 0. The van der Waals surface area contributed by atoms with E-state index in [4.69, 9.17) is 0 Å². The molecular weight excluding hydrogens is 310 g/mol. The third-order valence-electron chi connectivity index (χ3n) is 3.86. The summed E-state index contributed by atoms with van der Waals surface area (Å²) in [5.41, 5.74) is 7.72. The van der Waals surface area contributed by atoms with Crippen molar-refractivity contribution >= 4 is 15.9 Å². The SMILES string of the molecule is Brc1ccc2c(c1-c1ccccn1)Cc1ccccc1-2. The number of pyridine rings is 1. The standard InChI is InChI=1S/C18H12BrN/c19-16-9-8-14-13-6-2-1-5-12(13)11-15(14)18(16)17-7-3-4-10-20-17/h1-10H,11H2. The molecule has 1 heterocycles. The molecule has 20 heavy (non-hydrogen) atoms. The molecule has 0 unspecified atom stereocenters. The quantitative estimate of drug-likeness (QED) is 0.476. The van der Waals surface area contributed by atoms with Crippen LogP contribution in [0.3, 0.4) is 0 Å². The van der Waals surface area contributed by atoms with E-state index in [1.54, 1.807) is 0 Å². The predicted octanol–water partition coefficient (Wildman–Crippen LogP) is 5.08. The molecular formula is C18H12BrN. The van der Waals surface area contributed by atoms with E-state index in [1.165, 1.54) is 27.8 Å². The van der Waals surface area contributed by atoms with Crippen molar-refractivity contribution in [2.24, 2.45) is 0 Å². The minimum atomic E-state index is 0.983. The Balaban J connectivity index is 2.00. The summed E-state index contributed by atoms with van der Waals surface area (Å²) in [5, 5.41) is 0. The van der Waals surface area contributed by atoms with Gasteiger partial charge in [0.1, 0.15) is 0 Å². The molecule has 0 saturated heterocycles. The molecule has 1 aliphatic carbocycles. The molecule has 3 aromatic rings. The highest BCUT2D eigenvalue weighted by molar-refractivity contribution is 9.10. The summed E-state index contributed by atoms with van der Waals surface area (Å²) < 4.78 is 1.11. The number of aromatic nitrogens is 1. The first-order valence-corrected chi connectivity index (χ1v) is 7.45. The van der Waals surface area contributed by atoms with Crippen LogP contribution in [0.25, 0.3) is 22.4 Å². The average Bonchev–Trinajstić information content (AvgIpc) is 2.86. The Bertz CT molecular complexity index is 794. The van der Waals surface area contributed by atoms with Gasteiger partial charge in [-0.3, -0.25) is 4.98 Å². The fourth-order valence-electron chi connectivity index (χ4n) is 2.97. The molecule has 96 valence electrons. The van der Waals surface area contributed by atoms with Crippen molar-refractivity contribution in [3.05, 3.63) is 76.4 Å². The van der Waals surface area contributed by atoms with Crippen molar-refractivity contribution < 1.29 is 0 Å². The molecule has 1 aromatic heterocycles. The maximum Gasteiger partial charge on any atom is 0.0716 e. The summed E-state index contributed by atoms with van der Waals surface area (Å²) in [6.45, 7) is 0. The van der Waals surface area contributed by atoms with Gasteiger partial charge in [-0.15, -0.1) is 0 Å². The van der Waals surface area contributed by atoms with E-state index >= 15 is 0 Å². The predicted molar refractivity (Wildman–Crippen MR) is 85.6 cm³/mol. The molecule has 2 aromatic carbocycles. The van der Waals surface area contributed by atoms with Gasteiger partial charge in [-0.2, -0.15) is 0 Å². The molecule has 0 spiro atoms. The second-order valence-electron chi connectivity index (χ2n) is 5.00. The van der Waals surface area contributed by atoms with E-state index in [0.29, 0.717) is 0 Å². The summed E-state index contributed by atoms with van der Waals surface area (Å²) in [5.74, 6) is 0. The van der Waals surface area contributed by atoms with Gasteiger partial charge in [-0.25, -0.2) is 0 Å². The van der Waals surface area contributed by atoms with Gasteiger partial charge in [-0.1, -0.05) is 52.3 Å². The lowest BCUT2D eigenvalue weighted by Gasteiger charge is -2.10. The smallest absolute Gasteiger partial charge is 0.0716 e. The third kappa shape index (κ3) is 1.72. The molecule has 0 radical (unpaired) electrons. The fraction of sp³-hybridized carbons (Fsp3) is 0.0556. The second kappa shape index (κ2) is 4.57. The zero-order chi connectivity index (χ0) is 13.5. The van der Waals surface area contributed by atoms with Crippen LogP contribution in [0.1, 0.15) is 11.1 Å². The van der Waals surface area contributed by atoms with Crippen molar-refractivity contribution in [1.29, 1.82) is 0 Å². The zero-order valence-electron chi connectivity index (χ0n) is 10.8. The monoisotopic (exact) mass is 321 g/mol. The van der Waals surface area contributed by atoms with Crippen LogP contribution < -0.4 is 0 Å². The number of hydrogen-bond donors (Lipinski definition) is 0. The number of hydrogen-bond acceptors (Lipinski definition) is 1. The van der Waals surface area contributed by atoms with E-state index in [9.17, 15) is 0 Å². The van der Waals surface area contributed by atoms with Crippen LogP contribution in [0.15, 0.2) is 65.3 Å². The van der Waals surface area contributed by atoms with E-state index in [-0.39, 0.29) is 0 Å². The highest BCUT2D eigenvalue weighted by Crippen LogP contribution is 2.43. The molecule has 1 nitrogen and oxygen atoms in total. The molecule has 4 rings (SSSR count). The lowest BCUT2D eigenvalue weighted by atomic mass is 9.99. The van der Waals surface area contributed by atoms with E-state index in [1.807, 2.05) is 18.3 Å². The highest BCUT2D eigenvalue weighted by Gasteiger charge is 2.23. The van der Waals surface area contributed by atoms with Crippen LogP contribution in [0.5, 0.6) is 0 Å². The maximum absolute atomic E-state index is 4.52. The molecule has 0 N–H and O–H groups in total. The Hall–Kier alpha value is -1.93. The van der Waals surface area contributed by atoms with Crippen molar-refractivity contribution in [3.8, 4) is 22.4 Å². The zero-order valence-corrected chi connectivity index (χ0v) is 12.4. The number of fused-ring (bicyclic) bond motifs is 3. The largest absolute Gasteiger partial charge is 0.256 e. The average molecular weight is 322 g/mol. The van der Waals surface area contributed by atoms with Crippen molar-refractivity contribution in [1.82, 2.24) is 4.98 Å². The summed E-state index contributed by atoms with van der Waals surface area (Å²) in [6.07, 6.45) is 2.83. The first-order chi connectivity index (χ1) is 9.84. The third-order valence-corrected chi connectivity index (χ3v) is 4.52. The second-order valence-corrected chi connectivity index (χ2v) is 5.85. The van der Waals surface area contributed by atoms with Crippen LogP contribution in [-0.4, -0.2) is 4.98 Å². The van der Waals surface area contributed by atoms with Gasteiger partial charge in [0.25, 0.3) is 0 Å². The van der Waals surface area contributed by atoms with Gasteiger partial charge in [0.2, 0.25) is 0 Å². The van der Waals surface area contributed by atoms with Crippen molar-refractivity contribution in [3.63, 3.8) is 0 Å². The minimum Gasteiger partial charge on any atom is -0.256 e. The number of benzene rings is 2. The Morgan fingerprint density at radius 3 is 2.55 bits per heavy atom. The molecule has 0 fully saturated rings. The van der Waals surface area contributed by atoms with Gasteiger partial charge in [0.15, 0.2) is 0 Å². The summed E-state index contributed by atoms with van der Waals surface area (Å²) in [4.78, 5) is 4.52. The highest BCUT2D eigenvalue weighted by atomic mass is 79.9. The molecule has 0 atom stereocenters. The molecule has 0 bridgehead atoms. The van der Waals surface area contributed by atoms with Crippen molar-refractivity contribution in [2.75, 3.05) is 0 Å². The van der Waals surface area contributed by atoms with Crippen LogP contribution in [0.2, 0.25) is 0 Å². The normalized spacial score (nSPS) is 12.1. The fourth-order valence-corrected chi connectivity index (χ4v) is 3.55. The van der Waals surface area contributed by atoms with Crippen LogP contribution in [-0.2, 0) is 6.42 Å². The van der Waals surface area contributed by atoms with Crippen LogP contribution >= 0.6 is 15.9 Å². The first-order valence-electron chi connectivity index (χ1n) is 6.65. The molecule has 2 heteroatoms. The van der Waals surface area contributed by atoms with Gasteiger partial charge >= 0.3 is 0 Å². The Morgan fingerprint density at radius 1 is 0.850 bits per heavy atom. The van der Waals surface area contributed by atoms with Gasteiger partial charge in [-0.05, 0) is 46.9 Å². The number of nitrogens with zero attached hydrogens (tertiary/aromatic N) is 1. The lowest BCUT2D eigenvalue weighted by Crippen LogP contribution is -1.91. The summed E-state index contributed by atoms with van der Waals surface area (Å²) >= 11 is 3.69. The molecule has 0 aliphatic heterocycles. The number of halogens is 1. The van der Waals surface area contributed by atoms with E-state index in [2.05, 4.69) is 63.4 Å². The van der Waals surface area contributed by atoms with E-state index in [0.717, 1.165) is 16.6 Å². The number of rotatable bonds is 1. The van der Waals surface area contributed by atoms with Crippen LogP contribution in [0.4, 0.5) is 0 Å². The Kier molecular flexibility index (Phi) is 2.71. The lowest BCUT2D eigenvalue weighted by molar-refractivity contribution is 1.23. The minimum absolute atomic E-state index is 0.983. The molecule has 0 saturated carbocycles. The van der Waals surface area contributed by atoms with Crippen molar-refractivity contribution in [2.45, 2.75) is 6.42 Å². The van der Waals surface area contributed by atoms with Gasteiger partial charge < -0.3 is 0 Å². The van der Waals surface area contributed by atoms with E-state index < -0.39 is 0 Å². The Labute approximate surface area is 126 Å². The van der Waals surface area contributed by atoms with Gasteiger partial charge in [0.05, 0.1) is 5.69 Å². The van der Waals surface area contributed by atoms with Crippen LogP contribution in [0, 0.1) is 0 Å². The van der Waals surface area contributed by atoms with Gasteiger partial charge in [0, 0.05) is 16.2 Å². The first kappa shape index (κ1) is 11.9. The topological polar surface area (TPSA) is 12.9 Å². The molecule has 0 amide bonds.